The number of nitrogens with zero attached hydrogens (tertiary/aromatic N) is 5. The molecule has 1 aliphatic heterocycles. The first-order chi connectivity index (χ1) is 12.2. The van der Waals surface area contributed by atoms with Crippen LogP contribution in [-0.2, 0) is 11.2 Å². The van der Waals surface area contributed by atoms with Crippen molar-refractivity contribution in [2.75, 3.05) is 6.54 Å². The number of amides is 1. The number of benzene rings is 1. The van der Waals surface area contributed by atoms with Gasteiger partial charge in [0.15, 0.2) is 0 Å². The maximum Gasteiger partial charge on any atom is 0.252 e. The van der Waals surface area contributed by atoms with Crippen LogP contribution in [0.3, 0.4) is 0 Å². The van der Waals surface area contributed by atoms with Gasteiger partial charge in [0.05, 0.1) is 18.2 Å². The summed E-state index contributed by atoms with van der Waals surface area (Å²) in [5, 5.41) is 4.24. The predicted octanol–water partition coefficient (Wildman–Crippen LogP) is 2.56. The van der Waals surface area contributed by atoms with Gasteiger partial charge < -0.3 is 4.90 Å². The summed E-state index contributed by atoms with van der Waals surface area (Å²) in [7, 11) is 0. The highest BCUT2D eigenvalue weighted by atomic mass is 19.1. The number of fused-ring (bicyclic) bond motifs is 1. The molecular weight excluding hydrogens is 321 g/mol. The molecule has 0 saturated carbocycles. The Labute approximate surface area is 144 Å². The van der Waals surface area contributed by atoms with Crippen LogP contribution in [-0.4, -0.2) is 36.9 Å². The molecule has 3 aromatic rings. The molecule has 0 bridgehead atoms. The van der Waals surface area contributed by atoms with Gasteiger partial charge in [0, 0.05) is 12.7 Å². The summed E-state index contributed by atoms with van der Waals surface area (Å²) >= 11 is 0. The third-order valence-corrected chi connectivity index (χ3v) is 4.62. The Balaban J connectivity index is 1.63. The van der Waals surface area contributed by atoms with Gasteiger partial charge >= 0.3 is 0 Å². The topological polar surface area (TPSA) is 63.4 Å². The lowest BCUT2D eigenvalue weighted by molar-refractivity contribution is -0.134. The van der Waals surface area contributed by atoms with Gasteiger partial charge in [0.2, 0.25) is 5.91 Å². The molecule has 1 saturated heterocycles. The van der Waals surface area contributed by atoms with Crippen molar-refractivity contribution in [3.63, 3.8) is 0 Å². The molecule has 0 spiro atoms. The molecule has 1 amide bonds. The first-order valence-electron chi connectivity index (χ1n) is 8.41. The molecule has 0 aliphatic carbocycles. The number of piperidine rings is 1. The summed E-state index contributed by atoms with van der Waals surface area (Å²) in [4.78, 5) is 23.1. The van der Waals surface area contributed by atoms with Crippen molar-refractivity contribution in [3.8, 4) is 0 Å². The fourth-order valence-corrected chi connectivity index (χ4v) is 3.47. The molecule has 128 valence electrons. The number of aromatic nitrogens is 4. The Morgan fingerprint density at radius 3 is 3.04 bits per heavy atom. The van der Waals surface area contributed by atoms with Crippen LogP contribution >= 0.6 is 0 Å². The Hall–Kier alpha value is -2.83. The number of hydrogen-bond acceptors (Lipinski definition) is 4. The molecule has 3 heterocycles. The van der Waals surface area contributed by atoms with Crippen molar-refractivity contribution < 1.29 is 9.18 Å². The van der Waals surface area contributed by atoms with Crippen LogP contribution in [0.15, 0.2) is 42.9 Å². The lowest BCUT2D eigenvalue weighted by Crippen LogP contribution is -2.40. The average molecular weight is 339 g/mol. The maximum atomic E-state index is 13.4. The minimum atomic E-state index is -0.320. The third-order valence-electron chi connectivity index (χ3n) is 4.62. The van der Waals surface area contributed by atoms with E-state index < -0.39 is 0 Å². The highest BCUT2D eigenvalue weighted by Crippen LogP contribution is 2.31. The van der Waals surface area contributed by atoms with E-state index in [1.54, 1.807) is 22.8 Å². The van der Waals surface area contributed by atoms with Crippen molar-refractivity contribution in [1.82, 2.24) is 24.5 Å². The van der Waals surface area contributed by atoms with Gasteiger partial charge in [-0.15, -0.1) is 0 Å². The van der Waals surface area contributed by atoms with E-state index in [2.05, 4.69) is 15.1 Å². The third kappa shape index (κ3) is 3.09. The lowest BCUT2D eigenvalue weighted by Gasteiger charge is -2.36. The number of carbonyl (C=O) groups excluding carboxylic acids is 1. The minimum absolute atomic E-state index is 0.000350. The average Bonchev–Trinajstić information content (AvgIpc) is 3.10. The molecule has 6 nitrogen and oxygen atoms in total. The zero-order valence-corrected chi connectivity index (χ0v) is 13.7. The molecule has 1 aromatic carbocycles. The van der Waals surface area contributed by atoms with Gasteiger partial charge in [-0.25, -0.2) is 9.37 Å². The number of carbonyl (C=O) groups is 1. The fraction of sp³-hybridized carbons (Fsp3) is 0.333. The smallest absolute Gasteiger partial charge is 0.252 e. The van der Waals surface area contributed by atoms with Gasteiger partial charge in [-0.3, -0.25) is 4.79 Å². The summed E-state index contributed by atoms with van der Waals surface area (Å²) < 4.78 is 15.1. The molecule has 2 aromatic heterocycles. The van der Waals surface area contributed by atoms with Crippen molar-refractivity contribution in [3.05, 3.63) is 59.9 Å². The molecule has 0 N–H and O–H groups in total. The molecule has 0 unspecified atom stereocenters. The van der Waals surface area contributed by atoms with Gasteiger partial charge in [0.25, 0.3) is 5.78 Å². The van der Waals surface area contributed by atoms with E-state index in [0.29, 0.717) is 17.9 Å². The van der Waals surface area contributed by atoms with E-state index in [-0.39, 0.29) is 24.2 Å². The second-order valence-corrected chi connectivity index (χ2v) is 6.25. The lowest BCUT2D eigenvalue weighted by atomic mass is 9.98. The summed E-state index contributed by atoms with van der Waals surface area (Å²) in [6.07, 6.45) is 6.24. The summed E-state index contributed by atoms with van der Waals surface area (Å²) in [5.74, 6) is 0.208. The first kappa shape index (κ1) is 15.7. The van der Waals surface area contributed by atoms with Crippen molar-refractivity contribution in [1.29, 1.82) is 0 Å². The Kier molecular flexibility index (Phi) is 4.13. The number of rotatable bonds is 3. The number of likely N-dealkylation sites (tertiary alicyclic amines) is 1. The standard InChI is InChI=1S/C18H18FN5O/c19-14-5-3-4-13(10-14)11-17(25)23-9-2-1-6-15(23)16-7-8-20-18-21-12-22-24(16)18/h3-5,7-8,10,12,15H,1-2,6,9,11H2/t15-/m1/s1. The quantitative estimate of drug-likeness (QED) is 0.736. The molecule has 25 heavy (non-hydrogen) atoms. The van der Waals surface area contributed by atoms with Crippen molar-refractivity contribution >= 4 is 11.7 Å². The monoisotopic (exact) mass is 339 g/mol. The second kappa shape index (κ2) is 6.58. The summed E-state index contributed by atoms with van der Waals surface area (Å²) in [6, 6.07) is 8.03. The molecular formula is C18H18FN5O. The maximum absolute atomic E-state index is 13.4. The molecule has 1 aliphatic rings. The zero-order chi connectivity index (χ0) is 17.2. The second-order valence-electron chi connectivity index (χ2n) is 6.25. The first-order valence-corrected chi connectivity index (χ1v) is 8.41. The molecule has 7 heteroatoms. The van der Waals surface area contributed by atoms with Crippen molar-refractivity contribution in [2.24, 2.45) is 0 Å². The number of hydrogen-bond donors (Lipinski definition) is 0. The van der Waals surface area contributed by atoms with Crippen molar-refractivity contribution in [2.45, 2.75) is 31.7 Å². The van der Waals surface area contributed by atoms with E-state index in [4.69, 9.17) is 0 Å². The van der Waals surface area contributed by atoms with E-state index in [1.807, 2.05) is 11.0 Å². The summed E-state index contributed by atoms with van der Waals surface area (Å²) in [6.45, 7) is 0.692. The van der Waals surface area contributed by atoms with Gasteiger partial charge in [0.1, 0.15) is 12.1 Å². The van der Waals surface area contributed by atoms with Crippen LogP contribution in [0.1, 0.15) is 36.6 Å². The predicted molar refractivity (Wildman–Crippen MR) is 89.2 cm³/mol. The highest BCUT2D eigenvalue weighted by molar-refractivity contribution is 5.79. The van der Waals surface area contributed by atoms with E-state index >= 15 is 0 Å². The fourth-order valence-electron chi connectivity index (χ4n) is 3.47. The molecule has 0 radical (unpaired) electrons. The van der Waals surface area contributed by atoms with Crippen LogP contribution in [0.2, 0.25) is 0 Å². The van der Waals surface area contributed by atoms with Gasteiger partial charge in [-0.1, -0.05) is 12.1 Å². The molecule has 1 atom stereocenters. The number of halogens is 1. The van der Waals surface area contributed by atoms with Gasteiger partial charge in [-0.05, 0) is 43.0 Å². The normalized spacial score (nSPS) is 17.8. The molecule has 4 rings (SSSR count). The van der Waals surface area contributed by atoms with E-state index in [9.17, 15) is 9.18 Å². The van der Waals surface area contributed by atoms with E-state index in [1.165, 1.54) is 18.5 Å². The van der Waals surface area contributed by atoms with Crippen LogP contribution < -0.4 is 0 Å². The SMILES string of the molecule is O=C(Cc1cccc(F)c1)N1CCCC[C@@H]1c1ccnc2ncnn12. The Morgan fingerprint density at radius 2 is 2.16 bits per heavy atom. The van der Waals surface area contributed by atoms with E-state index in [0.717, 1.165) is 25.0 Å². The Bertz CT molecular complexity index is 909. The molecule has 1 fully saturated rings. The minimum Gasteiger partial charge on any atom is -0.334 e. The van der Waals surface area contributed by atoms with Crippen LogP contribution in [0, 0.1) is 5.82 Å². The van der Waals surface area contributed by atoms with Crippen LogP contribution in [0.25, 0.3) is 5.78 Å². The van der Waals surface area contributed by atoms with Crippen LogP contribution in [0.5, 0.6) is 0 Å². The van der Waals surface area contributed by atoms with Gasteiger partial charge in [-0.2, -0.15) is 14.6 Å². The van der Waals surface area contributed by atoms with Crippen LogP contribution in [0.4, 0.5) is 4.39 Å². The Morgan fingerprint density at radius 1 is 1.24 bits per heavy atom. The largest absolute Gasteiger partial charge is 0.334 e. The highest BCUT2D eigenvalue weighted by Gasteiger charge is 2.30. The zero-order valence-electron chi connectivity index (χ0n) is 13.7. The summed E-state index contributed by atoms with van der Waals surface area (Å²) in [5.41, 5.74) is 1.60.